The van der Waals surface area contributed by atoms with Crippen molar-refractivity contribution in [2.45, 2.75) is 25.1 Å². The van der Waals surface area contributed by atoms with Gasteiger partial charge in [0.2, 0.25) is 0 Å². The Kier molecular flexibility index (Phi) is 7.23. The normalized spacial score (nSPS) is 10.9. The van der Waals surface area contributed by atoms with Crippen LogP contribution in [0.3, 0.4) is 0 Å². The standard InChI is InChI=1S/C21H18Cl2OSe2/c1-2-3-12-25-19-13-18(20(24)14-4-8-16(22)9-5-14)26-21(19)15-6-10-17(23)11-7-15/h4-11,13H,2-3,12H2,1H3. The zero-order chi connectivity index (χ0) is 18.5. The Morgan fingerprint density at radius 2 is 1.62 bits per heavy atom. The summed E-state index contributed by atoms with van der Waals surface area (Å²) in [5.41, 5.74) is 1.90. The first-order chi connectivity index (χ1) is 12.6. The fraction of sp³-hybridized carbons (Fsp3) is 0.190. The van der Waals surface area contributed by atoms with Gasteiger partial charge < -0.3 is 0 Å². The summed E-state index contributed by atoms with van der Waals surface area (Å²) < 4.78 is 3.63. The van der Waals surface area contributed by atoms with Crippen molar-refractivity contribution in [3.8, 4) is 10.0 Å². The van der Waals surface area contributed by atoms with Crippen molar-refractivity contribution >= 4 is 62.9 Å². The molecule has 0 aliphatic heterocycles. The van der Waals surface area contributed by atoms with Crippen LogP contribution in [0.2, 0.25) is 15.4 Å². The van der Waals surface area contributed by atoms with Crippen LogP contribution in [-0.4, -0.2) is 35.2 Å². The molecule has 0 atom stereocenters. The van der Waals surface area contributed by atoms with E-state index in [1.54, 1.807) is 12.1 Å². The van der Waals surface area contributed by atoms with Gasteiger partial charge in [0, 0.05) is 0 Å². The summed E-state index contributed by atoms with van der Waals surface area (Å²) in [6.07, 6.45) is 2.44. The first-order valence-corrected chi connectivity index (χ1v) is 12.9. The molecule has 0 fully saturated rings. The Balaban J connectivity index is 1.95. The number of hydrogen-bond donors (Lipinski definition) is 0. The third kappa shape index (κ3) is 4.93. The molecule has 0 spiro atoms. The van der Waals surface area contributed by atoms with Gasteiger partial charge in [-0.15, -0.1) is 0 Å². The van der Waals surface area contributed by atoms with E-state index in [0.29, 0.717) is 25.5 Å². The minimum absolute atomic E-state index is 0.0217. The average molecular weight is 515 g/mol. The van der Waals surface area contributed by atoms with Crippen molar-refractivity contribution in [3.05, 3.63) is 74.6 Å². The van der Waals surface area contributed by atoms with Gasteiger partial charge in [-0.3, -0.25) is 0 Å². The maximum atomic E-state index is 12.9. The first-order valence-electron chi connectivity index (χ1n) is 8.41. The first kappa shape index (κ1) is 20.0. The van der Waals surface area contributed by atoms with Crippen LogP contribution in [0.25, 0.3) is 10.0 Å². The quantitative estimate of drug-likeness (QED) is 0.231. The summed E-state index contributed by atoms with van der Waals surface area (Å²) >= 11 is 12.4. The fourth-order valence-electron chi connectivity index (χ4n) is 2.47. The molecule has 0 saturated heterocycles. The van der Waals surface area contributed by atoms with E-state index < -0.39 is 0 Å². The summed E-state index contributed by atoms with van der Waals surface area (Å²) in [5, 5.41) is 2.60. The number of carbonyl (C=O) groups excluding carboxylic acids is 1. The summed E-state index contributed by atoms with van der Waals surface area (Å²) in [7, 11) is 0. The zero-order valence-corrected chi connectivity index (χ0v) is 19.2. The van der Waals surface area contributed by atoms with Crippen LogP contribution in [-0.2, 0) is 0 Å². The van der Waals surface area contributed by atoms with Crippen molar-refractivity contribution in [2.75, 3.05) is 0 Å². The SMILES string of the molecule is CCCC[Se]c1cc(C(=O)c2ccc(Cl)cc2)[se]c1-c1ccc(Cl)cc1. The maximum absolute atomic E-state index is 12.9. The van der Waals surface area contributed by atoms with Crippen LogP contribution < -0.4 is 4.46 Å². The van der Waals surface area contributed by atoms with E-state index in [4.69, 9.17) is 23.2 Å². The summed E-state index contributed by atoms with van der Waals surface area (Å²) in [4.78, 5) is 12.9. The van der Waals surface area contributed by atoms with Gasteiger partial charge in [-0.2, -0.15) is 0 Å². The van der Waals surface area contributed by atoms with Crippen LogP contribution >= 0.6 is 23.2 Å². The third-order valence-electron chi connectivity index (χ3n) is 3.89. The van der Waals surface area contributed by atoms with Gasteiger partial charge in [0.1, 0.15) is 0 Å². The number of ketones is 1. The number of hydrogen-bond acceptors (Lipinski definition) is 1. The average Bonchev–Trinajstić information content (AvgIpc) is 3.07. The number of carbonyl (C=O) groups is 1. The second kappa shape index (κ2) is 9.42. The van der Waals surface area contributed by atoms with Gasteiger partial charge >= 0.3 is 177 Å². The Hall–Kier alpha value is -0.791. The molecule has 2 aromatic carbocycles. The molecule has 134 valence electrons. The van der Waals surface area contributed by atoms with Gasteiger partial charge in [0.15, 0.2) is 0 Å². The molecule has 1 nitrogen and oxygen atoms in total. The second-order valence-electron chi connectivity index (χ2n) is 5.85. The molecule has 1 heterocycles. The van der Waals surface area contributed by atoms with Crippen LogP contribution in [0, 0.1) is 0 Å². The molecule has 0 amide bonds. The molecule has 0 bridgehead atoms. The van der Waals surface area contributed by atoms with Gasteiger partial charge in [-0.05, 0) is 0 Å². The number of halogens is 2. The van der Waals surface area contributed by atoms with Crippen molar-refractivity contribution < 1.29 is 4.79 Å². The van der Waals surface area contributed by atoms with Crippen LogP contribution in [0.4, 0.5) is 0 Å². The predicted molar refractivity (Wildman–Crippen MR) is 114 cm³/mol. The number of benzene rings is 2. The van der Waals surface area contributed by atoms with E-state index in [1.807, 2.05) is 24.3 Å². The Bertz CT molecular complexity index is 883. The molecule has 26 heavy (non-hydrogen) atoms. The summed E-state index contributed by atoms with van der Waals surface area (Å²) in [6.45, 7) is 2.22. The van der Waals surface area contributed by atoms with E-state index in [0.717, 1.165) is 9.46 Å². The molecule has 1 aromatic heterocycles. The Morgan fingerprint density at radius 1 is 1.00 bits per heavy atom. The molecule has 0 radical (unpaired) electrons. The summed E-state index contributed by atoms with van der Waals surface area (Å²) in [6, 6.07) is 17.3. The van der Waals surface area contributed by atoms with E-state index in [9.17, 15) is 4.79 Å². The van der Waals surface area contributed by atoms with Crippen molar-refractivity contribution in [1.82, 2.24) is 0 Å². The Morgan fingerprint density at radius 3 is 2.23 bits per heavy atom. The van der Waals surface area contributed by atoms with E-state index in [2.05, 4.69) is 25.1 Å². The number of unbranched alkanes of at least 4 members (excludes halogenated alkanes) is 1. The van der Waals surface area contributed by atoms with E-state index >= 15 is 0 Å². The monoisotopic (exact) mass is 516 g/mol. The molecule has 0 aliphatic carbocycles. The second-order valence-corrected chi connectivity index (χ2v) is 11.3. The molecular weight excluding hydrogens is 497 g/mol. The molecule has 0 unspecified atom stereocenters. The molecule has 5 heteroatoms. The summed E-state index contributed by atoms with van der Waals surface area (Å²) in [5.74, 6) is 0.120. The van der Waals surface area contributed by atoms with Crippen LogP contribution in [0.1, 0.15) is 34.6 Å². The fourth-order valence-corrected chi connectivity index (χ4v) is 8.65. The molecule has 3 rings (SSSR count). The number of rotatable bonds is 7. The minimum atomic E-state index is 0.0217. The van der Waals surface area contributed by atoms with Gasteiger partial charge in [-0.25, -0.2) is 0 Å². The van der Waals surface area contributed by atoms with Gasteiger partial charge in [0.25, 0.3) is 0 Å². The van der Waals surface area contributed by atoms with Gasteiger partial charge in [0.05, 0.1) is 0 Å². The molecular formula is C21H18Cl2OSe2. The third-order valence-corrected chi connectivity index (χ3v) is 9.89. The van der Waals surface area contributed by atoms with E-state index in [-0.39, 0.29) is 20.3 Å². The van der Waals surface area contributed by atoms with Crippen LogP contribution in [0.5, 0.6) is 0 Å². The zero-order valence-electron chi connectivity index (χ0n) is 14.3. The Labute approximate surface area is 176 Å². The van der Waals surface area contributed by atoms with Crippen molar-refractivity contribution in [2.24, 2.45) is 0 Å². The van der Waals surface area contributed by atoms with Crippen molar-refractivity contribution in [1.29, 1.82) is 0 Å². The van der Waals surface area contributed by atoms with Gasteiger partial charge in [-0.1, -0.05) is 0 Å². The van der Waals surface area contributed by atoms with Crippen LogP contribution in [0.15, 0.2) is 54.6 Å². The molecule has 0 aliphatic rings. The molecule has 3 aromatic rings. The van der Waals surface area contributed by atoms with Crippen molar-refractivity contribution in [3.63, 3.8) is 0 Å². The topological polar surface area (TPSA) is 17.1 Å². The predicted octanol–water partition coefficient (Wildman–Crippen LogP) is 5.50. The van der Waals surface area contributed by atoms with E-state index in [1.165, 1.54) is 32.6 Å². The molecule has 0 saturated carbocycles. The molecule has 0 N–H and O–H groups in total.